The quantitative estimate of drug-likeness (QED) is 0.166. The summed E-state index contributed by atoms with van der Waals surface area (Å²) in [4.78, 5) is 20.0. The van der Waals surface area contributed by atoms with E-state index in [1.165, 1.54) is 16.7 Å². The van der Waals surface area contributed by atoms with Crippen molar-refractivity contribution in [1.29, 1.82) is 0 Å². The topological polar surface area (TPSA) is 75.9 Å². The van der Waals surface area contributed by atoms with Crippen molar-refractivity contribution in [2.45, 2.75) is 56.9 Å². The first-order valence-corrected chi connectivity index (χ1v) is 15.5. The van der Waals surface area contributed by atoms with Crippen LogP contribution in [0, 0.1) is 6.92 Å². The Kier molecular flexibility index (Phi) is 8.58. The molecule has 210 valence electrons. The molecule has 0 saturated carbocycles. The highest BCUT2D eigenvalue weighted by molar-refractivity contribution is 7.99. The van der Waals surface area contributed by atoms with Gasteiger partial charge in [0.1, 0.15) is 5.52 Å². The number of piperidine rings is 1. The Morgan fingerprint density at radius 2 is 1.68 bits per heavy atom. The van der Waals surface area contributed by atoms with Crippen LogP contribution in [0.5, 0.6) is 0 Å². The maximum absolute atomic E-state index is 12.6. The average molecular weight is 565 g/mol. The van der Waals surface area contributed by atoms with Gasteiger partial charge in [0.15, 0.2) is 5.65 Å². The fourth-order valence-electron chi connectivity index (χ4n) is 5.64. The SMILES string of the molecule is Cc1ccccc1Cn1c2ccccc2c2nnc(SCCCC(=O)NC3CCN(Cc4ccccc4)CC3)nc21. The number of amides is 1. The molecule has 0 aliphatic carbocycles. The van der Waals surface area contributed by atoms with Gasteiger partial charge >= 0.3 is 0 Å². The lowest BCUT2D eigenvalue weighted by Gasteiger charge is -2.32. The first-order valence-electron chi connectivity index (χ1n) is 14.5. The highest BCUT2D eigenvalue weighted by atomic mass is 32.2. The van der Waals surface area contributed by atoms with Gasteiger partial charge in [-0.25, -0.2) is 4.98 Å². The van der Waals surface area contributed by atoms with Gasteiger partial charge in [0, 0.05) is 49.8 Å². The van der Waals surface area contributed by atoms with Crippen molar-refractivity contribution in [3.8, 4) is 0 Å². The maximum atomic E-state index is 12.6. The second-order valence-corrected chi connectivity index (χ2v) is 11.9. The lowest BCUT2D eigenvalue weighted by atomic mass is 10.0. The molecule has 1 N–H and O–H groups in total. The van der Waals surface area contributed by atoms with E-state index in [0.29, 0.717) is 11.6 Å². The minimum absolute atomic E-state index is 0.139. The van der Waals surface area contributed by atoms with Crippen LogP contribution in [-0.4, -0.2) is 55.4 Å². The zero-order valence-electron chi connectivity index (χ0n) is 23.5. The molecule has 7 nitrogen and oxygen atoms in total. The number of hydrogen-bond acceptors (Lipinski definition) is 6. The van der Waals surface area contributed by atoms with Crippen molar-refractivity contribution in [3.63, 3.8) is 0 Å². The zero-order chi connectivity index (χ0) is 28.0. The molecule has 41 heavy (non-hydrogen) atoms. The van der Waals surface area contributed by atoms with Crippen LogP contribution < -0.4 is 5.32 Å². The molecule has 0 unspecified atom stereocenters. The van der Waals surface area contributed by atoms with Crippen LogP contribution in [0.4, 0.5) is 0 Å². The van der Waals surface area contributed by atoms with Crippen LogP contribution in [-0.2, 0) is 17.9 Å². The summed E-state index contributed by atoms with van der Waals surface area (Å²) in [5, 5.41) is 14.0. The minimum atomic E-state index is 0.139. The number of benzene rings is 3. The summed E-state index contributed by atoms with van der Waals surface area (Å²) >= 11 is 1.57. The number of para-hydroxylation sites is 1. The third-order valence-corrected chi connectivity index (χ3v) is 8.85. The molecule has 0 spiro atoms. The van der Waals surface area contributed by atoms with E-state index in [1.807, 2.05) is 6.07 Å². The normalized spacial score (nSPS) is 14.6. The Morgan fingerprint density at radius 3 is 2.51 bits per heavy atom. The van der Waals surface area contributed by atoms with Gasteiger partial charge < -0.3 is 9.88 Å². The van der Waals surface area contributed by atoms with Gasteiger partial charge in [-0.15, -0.1) is 10.2 Å². The molecule has 1 amide bonds. The van der Waals surface area contributed by atoms with E-state index in [2.05, 4.69) is 105 Å². The molecule has 2 aromatic heterocycles. The number of nitrogens with one attached hydrogen (secondary N) is 1. The molecule has 8 heteroatoms. The van der Waals surface area contributed by atoms with E-state index in [4.69, 9.17) is 4.98 Å². The van der Waals surface area contributed by atoms with E-state index in [9.17, 15) is 4.79 Å². The zero-order valence-corrected chi connectivity index (χ0v) is 24.3. The number of thioether (sulfide) groups is 1. The molecular formula is C33H36N6OS. The minimum Gasteiger partial charge on any atom is -0.353 e. The second kappa shape index (κ2) is 12.8. The summed E-state index contributed by atoms with van der Waals surface area (Å²) in [5.74, 6) is 0.911. The van der Waals surface area contributed by atoms with E-state index in [-0.39, 0.29) is 11.9 Å². The van der Waals surface area contributed by atoms with Crippen molar-refractivity contribution in [1.82, 2.24) is 30.0 Å². The molecule has 0 radical (unpaired) electrons. The van der Waals surface area contributed by atoms with Gasteiger partial charge in [-0.2, -0.15) is 0 Å². The largest absolute Gasteiger partial charge is 0.353 e. The highest BCUT2D eigenvalue weighted by Gasteiger charge is 2.21. The van der Waals surface area contributed by atoms with Crippen LogP contribution >= 0.6 is 11.8 Å². The number of rotatable bonds is 10. The molecule has 0 bridgehead atoms. The van der Waals surface area contributed by atoms with Gasteiger partial charge in [-0.05, 0) is 48.9 Å². The number of likely N-dealkylation sites (tertiary alicyclic amines) is 1. The maximum Gasteiger partial charge on any atom is 0.220 e. The third-order valence-electron chi connectivity index (χ3n) is 7.93. The van der Waals surface area contributed by atoms with Crippen molar-refractivity contribution >= 4 is 39.7 Å². The molecule has 1 saturated heterocycles. The van der Waals surface area contributed by atoms with Gasteiger partial charge in [0.05, 0.1) is 5.52 Å². The molecule has 1 aliphatic rings. The van der Waals surface area contributed by atoms with E-state index < -0.39 is 0 Å². The van der Waals surface area contributed by atoms with E-state index in [1.54, 1.807) is 11.8 Å². The molecule has 3 aromatic carbocycles. The first-order chi connectivity index (χ1) is 20.1. The van der Waals surface area contributed by atoms with Crippen molar-refractivity contribution in [3.05, 3.63) is 95.6 Å². The number of hydrogen-bond donors (Lipinski definition) is 1. The van der Waals surface area contributed by atoms with Crippen molar-refractivity contribution in [2.24, 2.45) is 0 Å². The van der Waals surface area contributed by atoms with Gasteiger partial charge in [0.25, 0.3) is 0 Å². The molecule has 1 fully saturated rings. The second-order valence-electron chi connectivity index (χ2n) is 10.9. The number of fused-ring (bicyclic) bond motifs is 3. The Bertz CT molecular complexity index is 1630. The van der Waals surface area contributed by atoms with Crippen LogP contribution in [0.25, 0.3) is 22.1 Å². The summed E-state index contributed by atoms with van der Waals surface area (Å²) in [5.41, 5.74) is 6.65. The first kappa shape index (κ1) is 27.4. The smallest absolute Gasteiger partial charge is 0.220 e. The predicted octanol–water partition coefficient (Wildman–Crippen LogP) is 5.99. The summed E-state index contributed by atoms with van der Waals surface area (Å²) < 4.78 is 2.24. The fraction of sp³-hybridized carbons (Fsp3) is 0.333. The lowest BCUT2D eigenvalue weighted by Crippen LogP contribution is -2.44. The molecular weight excluding hydrogens is 528 g/mol. The Hall–Kier alpha value is -3.75. The number of carbonyl (C=O) groups excluding carboxylic acids is 1. The standard InChI is InChI=1S/C33H36N6OS/c1-24-10-5-6-13-26(24)23-39-29-15-8-7-14-28(29)31-32(39)35-33(37-36-31)41-21-9-16-30(40)34-27-17-19-38(20-18-27)22-25-11-3-2-4-12-25/h2-8,10-15,27H,9,16-23H2,1H3,(H,34,40). The monoisotopic (exact) mass is 564 g/mol. The molecule has 3 heterocycles. The highest BCUT2D eigenvalue weighted by Crippen LogP contribution is 2.28. The van der Waals surface area contributed by atoms with Crippen molar-refractivity contribution in [2.75, 3.05) is 18.8 Å². The summed E-state index contributed by atoms with van der Waals surface area (Å²) in [7, 11) is 0. The van der Waals surface area contributed by atoms with Crippen molar-refractivity contribution < 1.29 is 4.79 Å². The van der Waals surface area contributed by atoms with Crippen LogP contribution in [0.2, 0.25) is 0 Å². The molecule has 5 aromatic rings. The Labute approximate surface area is 245 Å². The average Bonchev–Trinajstić information content (AvgIpc) is 3.31. The molecule has 6 rings (SSSR count). The summed E-state index contributed by atoms with van der Waals surface area (Å²) in [6.45, 7) is 5.88. The van der Waals surface area contributed by atoms with E-state index in [0.717, 1.165) is 73.3 Å². The molecule has 1 aliphatic heterocycles. The van der Waals surface area contributed by atoms with Crippen LogP contribution in [0.15, 0.2) is 84.0 Å². The third kappa shape index (κ3) is 6.60. The van der Waals surface area contributed by atoms with Gasteiger partial charge in [-0.1, -0.05) is 84.6 Å². The Morgan fingerprint density at radius 1 is 0.927 bits per heavy atom. The van der Waals surface area contributed by atoms with Crippen LogP contribution in [0.1, 0.15) is 42.4 Å². The predicted molar refractivity (Wildman–Crippen MR) is 166 cm³/mol. The van der Waals surface area contributed by atoms with Crippen LogP contribution in [0.3, 0.4) is 0 Å². The number of aromatic nitrogens is 4. The summed E-state index contributed by atoms with van der Waals surface area (Å²) in [6.07, 6.45) is 3.30. The Balaban J connectivity index is 1.02. The lowest BCUT2D eigenvalue weighted by molar-refractivity contribution is -0.122. The fourth-order valence-corrected chi connectivity index (χ4v) is 6.36. The van der Waals surface area contributed by atoms with E-state index >= 15 is 0 Å². The summed E-state index contributed by atoms with van der Waals surface area (Å²) in [6, 6.07) is 27.6. The molecule has 0 atom stereocenters. The van der Waals surface area contributed by atoms with Gasteiger partial charge in [0.2, 0.25) is 11.1 Å². The number of carbonyl (C=O) groups is 1. The number of nitrogens with zero attached hydrogens (tertiary/aromatic N) is 5. The van der Waals surface area contributed by atoms with Gasteiger partial charge in [-0.3, -0.25) is 9.69 Å². The number of aryl methyl sites for hydroxylation is 1.